The first kappa shape index (κ1) is 16.1. The van der Waals surface area contributed by atoms with Crippen molar-refractivity contribution in [2.75, 3.05) is 32.1 Å². The number of anilines is 1. The Kier molecular flexibility index (Phi) is 5.48. The fourth-order valence-corrected chi connectivity index (χ4v) is 2.91. The Morgan fingerprint density at radius 3 is 2.95 bits per heavy atom. The van der Waals surface area contributed by atoms with Gasteiger partial charge >= 0.3 is 0 Å². The summed E-state index contributed by atoms with van der Waals surface area (Å²) in [4.78, 5) is 14.4. The summed E-state index contributed by atoms with van der Waals surface area (Å²) in [5, 5.41) is 3.56. The monoisotopic (exact) mass is 310 g/mol. The van der Waals surface area contributed by atoms with Crippen molar-refractivity contribution in [3.63, 3.8) is 0 Å². The third-order valence-electron chi connectivity index (χ3n) is 3.86. The van der Waals surface area contributed by atoms with Crippen LogP contribution in [0.3, 0.4) is 0 Å². The van der Waals surface area contributed by atoms with Crippen LogP contribution < -0.4 is 10.1 Å². The summed E-state index contributed by atoms with van der Waals surface area (Å²) in [7, 11) is 1.57. The lowest BCUT2D eigenvalue weighted by molar-refractivity contribution is -0.117. The predicted molar refractivity (Wildman–Crippen MR) is 86.2 cm³/mol. The zero-order valence-corrected chi connectivity index (χ0v) is 13.7. The maximum atomic E-state index is 12.2. The number of carbonyl (C=O) groups excluding carboxylic acids is 1. The van der Waals surface area contributed by atoms with E-state index in [4.69, 9.17) is 16.3 Å². The molecule has 4 nitrogen and oxygen atoms in total. The van der Waals surface area contributed by atoms with Gasteiger partial charge in [0.25, 0.3) is 0 Å². The van der Waals surface area contributed by atoms with Crippen LogP contribution in [0.2, 0.25) is 5.02 Å². The number of likely N-dealkylation sites (tertiary alicyclic amines) is 1. The molecule has 116 valence electrons. The molecule has 1 unspecified atom stereocenters. The van der Waals surface area contributed by atoms with E-state index < -0.39 is 0 Å². The van der Waals surface area contributed by atoms with Gasteiger partial charge in [0, 0.05) is 17.6 Å². The number of hydrogen-bond acceptors (Lipinski definition) is 3. The van der Waals surface area contributed by atoms with E-state index in [0.29, 0.717) is 28.9 Å². The average molecular weight is 311 g/mol. The second kappa shape index (κ2) is 7.14. The number of carbonyl (C=O) groups is 1. The molecule has 1 saturated heterocycles. The van der Waals surface area contributed by atoms with Crippen molar-refractivity contribution in [2.24, 2.45) is 5.92 Å². The quantitative estimate of drug-likeness (QED) is 0.927. The number of benzene rings is 1. The summed E-state index contributed by atoms with van der Waals surface area (Å²) in [6.07, 6.45) is 2.42. The zero-order chi connectivity index (χ0) is 15.4. The number of hydrogen-bond donors (Lipinski definition) is 1. The Hall–Kier alpha value is -1.26. The maximum absolute atomic E-state index is 12.2. The van der Waals surface area contributed by atoms with Crippen molar-refractivity contribution in [1.82, 2.24) is 4.90 Å². The predicted octanol–water partition coefficient (Wildman–Crippen LogP) is 3.33. The molecular formula is C16H23ClN2O2. The number of ether oxygens (including phenoxy) is 1. The first-order chi connectivity index (χ1) is 9.99. The molecule has 0 saturated carbocycles. The van der Waals surface area contributed by atoms with Crippen molar-refractivity contribution in [3.05, 3.63) is 22.7 Å². The van der Waals surface area contributed by atoms with Crippen molar-refractivity contribution >= 4 is 23.2 Å². The van der Waals surface area contributed by atoms with Crippen LogP contribution in [0.25, 0.3) is 0 Å². The minimum Gasteiger partial charge on any atom is -0.495 e. The van der Waals surface area contributed by atoms with Crippen LogP contribution in [0, 0.1) is 12.8 Å². The Morgan fingerprint density at radius 1 is 1.52 bits per heavy atom. The molecule has 1 aromatic rings. The highest BCUT2D eigenvalue weighted by atomic mass is 35.5. The van der Waals surface area contributed by atoms with Gasteiger partial charge in [0.15, 0.2) is 0 Å². The van der Waals surface area contributed by atoms with E-state index in [2.05, 4.69) is 17.1 Å². The lowest BCUT2D eigenvalue weighted by Crippen LogP contribution is -2.39. The molecule has 0 spiro atoms. The average Bonchev–Trinajstić information content (AvgIpc) is 2.42. The number of amides is 1. The van der Waals surface area contributed by atoms with E-state index in [0.717, 1.165) is 25.1 Å². The van der Waals surface area contributed by atoms with E-state index >= 15 is 0 Å². The first-order valence-electron chi connectivity index (χ1n) is 7.36. The third kappa shape index (κ3) is 4.35. The van der Waals surface area contributed by atoms with Crippen LogP contribution in [-0.2, 0) is 4.79 Å². The molecule has 1 aliphatic heterocycles. The van der Waals surface area contributed by atoms with Crippen LogP contribution in [0.4, 0.5) is 5.69 Å². The minimum absolute atomic E-state index is 0.0101. The second-order valence-corrected chi connectivity index (χ2v) is 6.24. The van der Waals surface area contributed by atoms with Crippen molar-refractivity contribution in [2.45, 2.75) is 26.7 Å². The molecule has 0 radical (unpaired) electrons. The van der Waals surface area contributed by atoms with Gasteiger partial charge < -0.3 is 10.1 Å². The smallest absolute Gasteiger partial charge is 0.238 e. The number of aryl methyl sites for hydroxylation is 1. The molecule has 1 atom stereocenters. The Bertz CT molecular complexity index is 519. The zero-order valence-electron chi connectivity index (χ0n) is 12.9. The molecule has 0 aromatic heterocycles. The molecule has 1 heterocycles. The van der Waals surface area contributed by atoms with Crippen LogP contribution in [0.15, 0.2) is 12.1 Å². The summed E-state index contributed by atoms with van der Waals surface area (Å²) in [5.74, 6) is 1.24. The van der Waals surface area contributed by atoms with Gasteiger partial charge in [-0.15, -0.1) is 0 Å². The van der Waals surface area contributed by atoms with Gasteiger partial charge in [-0.25, -0.2) is 0 Å². The Balaban J connectivity index is 2.00. The minimum atomic E-state index is -0.0101. The van der Waals surface area contributed by atoms with E-state index in [1.807, 2.05) is 13.0 Å². The Morgan fingerprint density at radius 2 is 2.29 bits per heavy atom. The molecule has 0 bridgehead atoms. The van der Waals surface area contributed by atoms with Crippen molar-refractivity contribution in [3.8, 4) is 5.75 Å². The number of nitrogens with zero attached hydrogens (tertiary/aromatic N) is 1. The molecule has 21 heavy (non-hydrogen) atoms. The standard InChI is InChI=1S/C16H23ClN2O2/c1-11-5-4-6-19(9-11)10-16(20)18-14-7-12(2)13(17)8-15(14)21-3/h7-8,11H,4-6,9-10H2,1-3H3,(H,18,20). The molecule has 1 N–H and O–H groups in total. The van der Waals surface area contributed by atoms with Gasteiger partial charge in [-0.3, -0.25) is 9.69 Å². The largest absolute Gasteiger partial charge is 0.495 e. The molecule has 1 fully saturated rings. The van der Waals surface area contributed by atoms with Gasteiger partial charge in [-0.2, -0.15) is 0 Å². The van der Waals surface area contributed by atoms with Crippen LogP contribution in [0.1, 0.15) is 25.3 Å². The number of halogens is 1. The summed E-state index contributed by atoms with van der Waals surface area (Å²) < 4.78 is 5.28. The van der Waals surface area contributed by atoms with E-state index in [9.17, 15) is 4.79 Å². The van der Waals surface area contributed by atoms with Gasteiger partial charge in [0.1, 0.15) is 5.75 Å². The number of nitrogens with one attached hydrogen (secondary N) is 1. The van der Waals surface area contributed by atoms with Crippen molar-refractivity contribution < 1.29 is 9.53 Å². The summed E-state index contributed by atoms with van der Waals surface area (Å²) in [6.45, 7) is 6.55. The number of methoxy groups -OCH3 is 1. The highest BCUT2D eigenvalue weighted by molar-refractivity contribution is 6.31. The van der Waals surface area contributed by atoms with Gasteiger partial charge in [-0.05, 0) is 43.9 Å². The normalized spacial score (nSPS) is 19.3. The van der Waals surface area contributed by atoms with E-state index in [-0.39, 0.29) is 5.91 Å². The fraction of sp³-hybridized carbons (Fsp3) is 0.562. The second-order valence-electron chi connectivity index (χ2n) is 5.83. The summed E-state index contributed by atoms with van der Waals surface area (Å²) in [5.41, 5.74) is 1.59. The maximum Gasteiger partial charge on any atom is 0.238 e. The molecule has 1 aliphatic rings. The molecular weight excluding hydrogens is 288 g/mol. The van der Waals surface area contributed by atoms with E-state index in [1.54, 1.807) is 13.2 Å². The lowest BCUT2D eigenvalue weighted by Gasteiger charge is -2.30. The Labute approximate surface area is 131 Å². The number of piperidine rings is 1. The van der Waals surface area contributed by atoms with Crippen molar-refractivity contribution in [1.29, 1.82) is 0 Å². The van der Waals surface area contributed by atoms with Gasteiger partial charge in [-0.1, -0.05) is 18.5 Å². The molecule has 5 heteroatoms. The van der Waals surface area contributed by atoms with E-state index in [1.165, 1.54) is 6.42 Å². The van der Waals surface area contributed by atoms with Gasteiger partial charge in [0.2, 0.25) is 5.91 Å². The molecule has 0 aliphatic carbocycles. The van der Waals surface area contributed by atoms with Crippen LogP contribution in [-0.4, -0.2) is 37.6 Å². The SMILES string of the molecule is COc1cc(Cl)c(C)cc1NC(=O)CN1CCCC(C)C1. The topological polar surface area (TPSA) is 41.6 Å². The highest BCUT2D eigenvalue weighted by Crippen LogP contribution is 2.30. The first-order valence-corrected chi connectivity index (χ1v) is 7.73. The molecule has 2 rings (SSSR count). The third-order valence-corrected chi connectivity index (χ3v) is 4.27. The molecule has 1 aromatic carbocycles. The lowest BCUT2D eigenvalue weighted by atomic mass is 10.0. The summed E-state index contributed by atoms with van der Waals surface area (Å²) in [6, 6.07) is 3.58. The highest BCUT2D eigenvalue weighted by Gasteiger charge is 2.19. The van der Waals surface area contributed by atoms with Crippen LogP contribution in [0.5, 0.6) is 5.75 Å². The number of rotatable bonds is 4. The van der Waals surface area contributed by atoms with Gasteiger partial charge in [0.05, 0.1) is 19.3 Å². The molecule has 1 amide bonds. The summed E-state index contributed by atoms with van der Waals surface area (Å²) >= 11 is 6.07. The van der Waals surface area contributed by atoms with Crippen LogP contribution >= 0.6 is 11.6 Å². The fourth-order valence-electron chi connectivity index (χ4n) is 2.75.